The molecule has 2 fully saturated rings. The Morgan fingerprint density at radius 3 is 2.20 bits per heavy atom. The number of nitrogens with zero attached hydrogens (tertiary/aromatic N) is 1. The Morgan fingerprint density at radius 2 is 1.59 bits per heavy atom. The van der Waals surface area contributed by atoms with Crippen LogP contribution in [0.2, 0.25) is 0 Å². The minimum atomic E-state index is -5.14. The first-order valence-corrected chi connectivity index (χ1v) is 16.6. The van der Waals surface area contributed by atoms with Crippen LogP contribution in [0.3, 0.4) is 0 Å². The fourth-order valence-corrected chi connectivity index (χ4v) is 7.73. The topological polar surface area (TPSA) is 66.8 Å². The number of amides is 2. The van der Waals surface area contributed by atoms with Crippen LogP contribution in [0.1, 0.15) is 55.4 Å². The second-order valence-electron chi connectivity index (χ2n) is 13.0. The number of hydrogen-bond donors (Lipinski definition) is 1. The van der Waals surface area contributed by atoms with E-state index in [1.165, 1.54) is 0 Å². The van der Waals surface area contributed by atoms with Crippen LogP contribution in [0.15, 0.2) is 82.3 Å². The Bertz CT molecular complexity index is 1820. The summed E-state index contributed by atoms with van der Waals surface area (Å²) < 4.78 is 89.1. The summed E-state index contributed by atoms with van der Waals surface area (Å²) in [6.07, 6.45) is -7.66. The highest BCUT2D eigenvalue weighted by atomic mass is 79.9. The molecule has 0 spiro atoms. The number of phenolic OH excluding ortho intramolecular Hbond substituents is 1. The van der Waals surface area contributed by atoms with Crippen molar-refractivity contribution in [1.29, 1.82) is 0 Å². The normalized spacial score (nSPS) is 23.1. The number of allylic oxidation sites excluding steroid dienone is 2. The molecular formula is C37H32BrF6NO4. The van der Waals surface area contributed by atoms with E-state index in [0.717, 1.165) is 26.8 Å². The van der Waals surface area contributed by atoms with E-state index in [-0.39, 0.29) is 30.8 Å². The van der Waals surface area contributed by atoms with E-state index in [9.17, 15) is 41.0 Å². The number of benzene rings is 3. The van der Waals surface area contributed by atoms with Crippen LogP contribution in [0.4, 0.5) is 32.0 Å². The van der Waals surface area contributed by atoms with Gasteiger partial charge in [-0.2, -0.15) is 26.3 Å². The molecule has 2 amide bonds. The fraction of sp³-hybridized carbons (Fsp3) is 0.351. The lowest BCUT2D eigenvalue weighted by Gasteiger charge is -2.33. The molecule has 12 heteroatoms. The van der Waals surface area contributed by atoms with E-state index >= 15 is 0 Å². The molecule has 1 N–H and O–H groups in total. The van der Waals surface area contributed by atoms with E-state index in [2.05, 4.69) is 15.9 Å². The number of carbonyl (C=O) groups excluding carboxylic acids is 2. The molecule has 6 rings (SSSR count). The van der Waals surface area contributed by atoms with Gasteiger partial charge in [0, 0.05) is 16.0 Å². The second kappa shape index (κ2) is 13.1. The van der Waals surface area contributed by atoms with Crippen LogP contribution in [0.25, 0.3) is 11.6 Å². The highest BCUT2D eigenvalue weighted by Gasteiger charge is 2.58. The molecular weight excluding hydrogens is 716 g/mol. The van der Waals surface area contributed by atoms with Crippen molar-refractivity contribution in [2.24, 2.45) is 23.7 Å². The van der Waals surface area contributed by atoms with E-state index in [1.807, 2.05) is 50.3 Å². The van der Waals surface area contributed by atoms with Gasteiger partial charge in [-0.25, -0.2) is 4.90 Å². The number of halogens is 7. The number of ether oxygens (including phenoxy) is 1. The maximum atomic E-state index is 13.9. The standard InChI is InChI=1S/C37H32BrF6NO4/c1-19(2)27-17-28-33(35(48)45(34(28)47)26-15-23(36(39,40)41)14-24(16-26)37(42,43)44)29-18-49-31(32(27)29)11-8-21(20-6-4-3-5-7-20)12-22-13-25(38)9-10-30(22)46/h3-7,9-10,12-16,19,28-29,31,33,46H,8,11,17-18H2,1-2H3/b21-12-/t28-,29+,31-,33-/m1/s1. The minimum absolute atomic E-state index is 0.0242. The summed E-state index contributed by atoms with van der Waals surface area (Å²) in [5, 5.41) is 10.5. The van der Waals surface area contributed by atoms with Gasteiger partial charge in [0.1, 0.15) is 5.75 Å². The quantitative estimate of drug-likeness (QED) is 0.113. The minimum Gasteiger partial charge on any atom is -0.507 e. The smallest absolute Gasteiger partial charge is 0.416 e. The van der Waals surface area contributed by atoms with Crippen molar-refractivity contribution in [3.63, 3.8) is 0 Å². The molecule has 1 aliphatic carbocycles. The summed E-state index contributed by atoms with van der Waals surface area (Å²) in [5.41, 5.74) is 0.301. The third-order valence-electron chi connectivity index (χ3n) is 9.61. The van der Waals surface area contributed by atoms with Gasteiger partial charge < -0.3 is 9.84 Å². The molecule has 0 bridgehead atoms. The van der Waals surface area contributed by atoms with Gasteiger partial charge in [-0.3, -0.25) is 9.59 Å². The molecule has 2 heterocycles. The lowest BCUT2D eigenvalue weighted by atomic mass is 9.67. The number of phenols is 1. The summed E-state index contributed by atoms with van der Waals surface area (Å²) in [6, 6.07) is 15.6. The number of carbonyl (C=O) groups is 2. The zero-order chi connectivity index (χ0) is 35.4. The van der Waals surface area contributed by atoms with Gasteiger partial charge in [0.15, 0.2) is 0 Å². The van der Waals surface area contributed by atoms with Crippen molar-refractivity contribution in [1.82, 2.24) is 0 Å². The molecule has 2 aliphatic heterocycles. The van der Waals surface area contributed by atoms with E-state index in [4.69, 9.17) is 4.74 Å². The molecule has 0 unspecified atom stereocenters. The zero-order valence-electron chi connectivity index (χ0n) is 26.4. The summed E-state index contributed by atoms with van der Waals surface area (Å²) in [4.78, 5) is 28.2. The van der Waals surface area contributed by atoms with Crippen molar-refractivity contribution in [2.45, 2.75) is 51.6 Å². The lowest BCUT2D eigenvalue weighted by Crippen LogP contribution is -2.35. The largest absolute Gasteiger partial charge is 0.507 e. The Morgan fingerprint density at radius 1 is 0.939 bits per heavy atom. The van der Waals surface area contributed by atoms with Gasteiger partial charge >= 0.3 is 12.4 Å². The Balaban J connectivity index is 1.32. The average Bonchev–Trinajstić information content (AvgIpc) is 3.57. The Hall–Kier alpha value is -3.90. The van der Waals surface area contributed by atoms with Gasteiger partial charge in [-0.15, -0.1) is 0 Å². The maximum Gasteiger partial charge on any atom is 0.416 e. The number of hydrogen-bond acceptors (Lipinski definition) is 4. The molecule has 0 aromatic heterocycles. The third kappa shape index (κ3) is 6.81. The van der Waals surface area contributed by atoms with Gasteiger partial charge in [0.05, 0.1) is 41.4 Å². The molecule has 3 aromatic rings. The van der Waals surface area contributed by atoms with Crippen molar-refractivity contribution in [2.75, 3.05) is 11.5 Å². The van der Waals surface area contributed by atoms with E-state index < -0.39 is 64.8 Å². The maximum absolute atomic E-state index is 13.9. The molecule has 5 nitrogen and oxygen atoms in total. The summed E-state index contributed by atoms with van der Waals surface area (Å²) in [7, 11) is 0. The first-order valence-electron chi connectivity index (χ1n) is 15.8. The predicted octanol–water partition coefficient (Wildman–Crippen LogP) is 9.69. The summed E-state index contributed by atoms with van der Waals surface area (Å²) in [6.45, 7) is 3.97. The summed E-state index contributed by atoms with van der Waals surface area (Å²) in [5.74, 6) is -4.08. The Labute approximate surface area is 287 Å². The van der Waals surface area contributed by atoms with Gasteiger partial charge in [0.2, 0.25) is 11.8 Å². The van der Waals surface area contributed by atoms with Gasteiger partial charge in [-0.05, 0) is 84.4 Å². The third-order valence-corrected chi connectivity index (χ3v) is 10.1. The van der Waals surface area contributed by atoms with Crippen LogP contribution in [-0.2, 0) is 26.7 Å². The predicted molar refractivity (Wildman–Crippen MR) is 175 cm³/mol. The zero-order valence-corrected chi connectivity index (χ0v) is 28.0. The number of alkyl halides is 6. The Kier molecular flexibility index (Phi) is 9.34. The number of aromatic hydroxyl groups is 1. The molecule has 4 atom stereocenters. The van der Waals surface area contributed by atoms with Crippen molar-refractivity contribution in [3.05, 3.63) is 105 Å². The SMILES string of the molecule is CC(C)C1=C2[C@@H](CC/C(=C/c3cc(Br)ccc3O)c3ccccc3)OC[C@@H]2[C@@H]2C(=O)N(c3cc(C(F)(F)F)cc(C(F)(F)F)c3)C(=O)[C@@H]2C1. The molecule has 0 radical (unpaired) electrons. The summed E-state index contributed by atoms with van der Waals surface area (Å²) >= 11 is 3.45. The van der Waals surface area contributed by atoms with Crippen LogP contribution >= 0.6 is 15.9 Å². The first kappa shape index (κ1) is 34.9. The second-order valence-corrected chi connectivity index (χ2v) is 13.9. The number of anilines is 1. The molecule has 258 valence electrons. The van der Waals surface area contributed by atoms with Crippen molar-refractivity contribution >= 4 is 45.1 Å². The molecule has 49 heavy (non-hydrogen) atoms. The number of imide groups is 1. The number of fused-ring (bicyclic) bond motifs is 3. The average molecular weight is 749 g/mol. The van der Waals surface area contributed by atoms with Gasteiger partial charge in [-0.1, -0.05) is 65.7 Å². The molecule has 2 saturated heterocycles. The van der Waals surface area contributed by atoms with Crippen LogP contribution in [-0.4, -0.2) is 29.6 Å². The molecule has 0 saturated carbocycles. The van der Waals surface area contributed by atoms with Gasteiger partial charge in [0.25, 0.3) is 0 Å². The number of rotatable bonds is 7. The van der Waals surface area contributed by atoms with Crippen molar-refractivity contribution in [3.8, 4) is 5.75 Å². The first-order chi connectivity index (χ1) is 23.0. The lowest BCUT2D eigenvalue weighted by molar-refractivity contribution is -0.143. The van der Waals surface area contributed by atoms with Crippen LogP contribution in [0.5, 0.6) is 5.75 Å². The highest BCUT2D eigenvalue weighted by Crippen LogP contribution is 2.52. The molecule has 3 aliphatic rings. The van der Waals surface area contributed by atoms with Crippen LogP contribution in [0, 0.1) is 23.7 Å². The van der Waals surface area contributed by atoms with E-state index in [1.54, 1.807) is 18.2 Å². The highest BCUT2D eigenvalue weighted by molar-refractivity contribution is 9.10. The van der Waals surface area contributed by atoms with Crippen LogP contribution < -0.4 is 4.90 Å². The monoisotopic (exact) mass is 747 g/mol. The molecule has 3 aromatic carbocycles. The van der Waals surface area contributed by atoms with Crippen molar-refractivity contribution < 1.29 is 45.8 Å². The fourth-order valence-electron chi connectivity index (χ4n) is 7.35. The van der Waals surface area contributed by atoms with E-state index in [0.29, 0.717) is 35.4 Å².